The zero-order valence-electron chi connectivity index (χ0n) is 10.4. The molecule has 0 bridgehead atoms. The maximum absolute atomic E-state index is 12.1. The van der Waals surface area contributed by atoms with Gasteiger partial charge in [0.05, 0.1) is 31.6 Å². The van der Waals surface area contributed by atoms with Gasteiger partial charge in [-0.2, -0.15) is 0 Å². The Morgan fingerprint density at radius 3 is 3.00 bits per heavy atom. The summed E-state index contributed by atoms with van der Waals surface area (Å²) in [5, 5.41) is 2.76. The first-order chi connectivity index (χ1) is 9.14. The van der Waals surface area contributed by atoms with Crippen LogP contribution in [0.25, 0.3) is 0 Å². The molecule has 1 saturated heterocycles. The Kier molecular flexibility index (Phi) is 2.67. The van der Waals surface area contributed by atoms with Crippen molar-refractivity contribution in [3.05, 3.63) is 23.8 Å². The number of hydrogen-bond acceptors (Lipinski definition) is 5. The van der Waals surface area contributed by atoms with Crippen LogP contribution < -0.4 is 10.1 Å². The number of carbonyl (C=O) groups is 2. The van der Waals surface area contributed by atoms with E-state index in [1.165, 1.54) is 7.11 Å². The first-order valence-electron chi connectivity index (χ1n) is 5.95. The van der Waals surface area contributed by atoms with Gasteiger partial charge >= 0.3 is 5.97 Å². The maximum atomic E-state index is 12.1. The minimum Gasteiger partial charge on any atom is -0.473 e. The number of anilines is 1. The molecule has 0 radical (unpaired) electrons. The summed E-state index contributed by atoms with van der Waals surface area (Å²) in [5.41, 5.74) is -0.0889. The molecule has 1 amide bonds. The third kappa shape index (κ3) is 1.84. The van der Waals surface area contributed by atoms with E-state index >= 15 is 0 Å². The zero-order chi connectivity index (χ0) is 13.5. The van der Waals surface area contributed by atoms with E-state index in [0.29, 0.717) is 30.0 Å². The van der Waals surface area contributed by atoms with Gasteiger partial charge in [-0.3, -0.25) is 4.79 Å². The molecule has 0 saturated carbocycles. The zero-order valence-corrected chi connectivity index (χ0v) is 10.4. The van der Waals surface area contributed by atoms with Crippen LogP contribution in [-0.4, -0.2) is 37.8 Å². The number of esters is 1. The van der Waals surface area contributed by atoms with Gasteiger partial charge in [0.25, 0.3) is 5.91 Å². The van der Waals surface area contributed by atoms with E-state index in [4.69, 9.17) is 9.47 Å². The maximum Gasteiger partial charge on any atom is 0.337 e. The lowest BCUT2D eigenvalue weighted by atomic mass is 9.99. The summed E-state index contributed by atoms with van der Waals surface area (Å²) in [5.74, 6) is -0.154. The molecule has 19 heavy (non-hydrogen) atoms. The van der Waals surface area contributed by atoms with Crippen molar-refractivity contribution in [3.63, 3.8) is 0 Å². The van der Waals surface area contributed by atoms with E-state index in [2.05, 4.69) is 10.1 Å². The quantitative estimate of drug-likeness (QED) is 0.764. The lowest BCUT2D eigenvalue weighted by Crippen LogP contribution is -2.51. The molecule has 1 atom stereocenters. The summed E-state index contributed by atoms with van der Waals surface area (Å²) in [6.45, 7) is 0.750. The number of rotatable bonds is 1. The molecule has 2 heterocycles. The van der Waals surface area contributed by atoms with Crippen LogP contribution in [-0.2, 0) is 14.3 Å². The van der Waals surface area contributed by atoms with Gasteiger partial charge in [0.1, 0.15) is 5.75 Å². The minimum atomic E-state index is -0.931. The van der Waals surface area contributed by atoms with Crippen LogP contribution in [0.5, 0.6) is 5.75 Å². The normalized spacial score (nSPS) is 24.6. The molecule has 6 heteroatoms. The fourth-order valence-corrected chi connectivity index (χ4v) is 2.26. The minimum absolute atomic E-state index is 0.237. The van der Waals surface area contributed by atoms with Crippen molar-refractivity contribution < 1.29 is 23.8 Å². The van der Waals surface area contributed by atoms with Gasteiger partial charge in [0, 0.05) is 6.42 Å². The predicted octanol–water partition coefficient (Wildman–Crippen LogP) is 0.963. The topological polar surface area (TPSA) is 73.9 Å². The highest BCUT2D eigenvalue weighted by Gasteiger charge is 2.48. The first kappa shape index (κ1) is 12.0. The summed E-state index contributed by atoms with van der Waals surface area (Å²) < 4.78 is 15.6. The highest BCUT2D eigenvalue weighted by atomic mass is 16.6. The molecule has 0 aromatic heterocycles. The Bertz CT molecular complexity index is 548. The fraction of sp³-hybridized carbons (Fsp3) is 0.385. The Hall–Kier alpha value is -2.08. The summed E-state index contributed by atoms with van der Waals surface area (Å²) in [6, 6.07) is 4.80. The second-order valence-corrected chi connectivity index (χ2v) is 4.56. The second kappa shape index (κ2) is 4.24. The summed E-state index contributed by atoms with van der Waals surface area (Å²) in [6.07, 6.45) is 0.525. The van der Waals surface area contributed by atoms with Gasteiger partial charge in [0.15, 0.2) is 0 Å². The number of hydrogen-bond donors (Lipinski definition) is 1. The third-order valence-electron chi connectivity index (χ3n) is 3.35. The highest BCUT2D eigenvalue weighted by Crippen LogP contribution is 2.37. The van der Waals surface area contributed by atoms with Crippen LogP contribution in [0, 0.1) is 0 Å². The van der Waals surface area contributed by atoms with Crippen molar-refractivity contribution >= 4 is 17.6 Å². The van der Waals surface area contributed by atoms with E-state index in [-0.39, 0.29) is 12.5 Å². The largest absolute Gasteiger partial charge is 0.473 e. The Labute approximate surface area is 109 Å². The Morgan fingerprint density at radius 1 is 1.47 bits per heavy atom. The smallest absolute Gasteiger partial charge is 0.337 e. The molecule has 100 valence electrons. The molecule has 2 aliphatic heterocycles. The van der Waals surface area contributed by atoms with Gasteiger partial charge < -0.3 is 19.5 Å². The van der Waals surface area contributed by atoms with Crippen LogP contribution in [0.4, 0.5) is 5.69 Å². The fourth-order valence-electron chi connectivity index (χ4n) is 2.26. The molecule has 1 spiro atoms. The monoisotopic (exact) mass is 263 g/mol. The van der Waals surface area contributed by atoms with Crippen molar-refractivity contribution in [1.29, 1.82) is 0 Å². The first-order valence-corrected chi connectivity index (χ1v) is 5.95. The number of methoxy groups -OCH3 is 1. The van der Waals surface area contributed by atoms with Gasteiger partial charge in [-0.15, -0.1) is 0 Å². The molecule has 1 unspecified atom stereocenters. The van der Waals surface area contributed by atoms with Gasteiger partial charge in [-0.1, -0.05) is 0 Å². The van der Waals surface area contributed by atoms with Crippen LogP contribution in [0.1, 0.15) is 16.8 Å². The highest BCUT2D eigenvalue weighted by molar-refractivity contribution is 6.02. The lowest BCUT2D eigenvalue weighted by Gasteiger charge is -2.33. The molecule has 3 rings (SSSR count). The summed E-state index contributed by atoms with van der Waals surface area (Å²) in [4.78, 5) is 23.5. The van der Waals surface area contributed by atoms with Crippen LogP contribution >= 0.6 is 0 Å². The molecule has 1 aromatic rings. The standard InChI is InChI=1S/C13H13NO5/c1-17-11(15)8-2-3-10-9(6-8)14-12(16)13(19-10)4-5-18-7-13/h2-3,6H,4-5,7H2,1H3,(H,14,16). The van der Waals surface area contributed by atoms with Crippen molar-refractivity contribution in [2.45, 2.75) is 12.0 Å². The number of carbonyl (C=O) groups excluding carboxylic acids is 2. The van der Waals surface area contributed by atoms with E-state index < -0.39 is 11.6 Å². The molecule has 0 aliphatic carbocycles. The van der Waals surface area contributed by atoms with Crippen molar-refractivity contribution in [2.75, 3.05) is 25.6 Å². The molecule has 1 aromatic carbocycles. The lowest BCUT2D eigenvalue weighted by molar-refractivity contribution is -0.132. The van der Waals surface area contributed by atoms with Gasteiger partial charge in [0.2, 0.25) is 5.60 Å². The molecule has 6 nitrogen and oxygen atoms in total. The van der Waals surface area contributed by atoms with Crippen LogP contribution in [0.2, 0.25) is 0 Å². The molecule has 1 fully saturated rings. The number of ether oxygens (including phenoxy) is 3. The number of benzene rings is 1. The van der Waals surface area contributed by atoms with Crippen LogP contribution in [0.3, 0.4) is 0 Å². The molecule has 1 N–H and O–H groups in total. The van der Waals surface area contributed by atoms with E-state index in [1.54, 1.807) is 18.2 Å². The molecular weight excluding hydrogens is 250 g/mol. The number of nitrogens with one attached hydrogen (secondary N) is 1. The third-order valence-corrected chi connectivity index (χ3v) is 3.35. The van der Waals surface area contributed by atoms with Crippen molar-refractivity contribution in [3.8, 4) is 5.75 Å². The SMILES string of the molecule is COC(=O)c1ccc2c(c1)NC(=O)C1(CCOC1)O2. The number of amides is 1. The second-order valence-electron chi connectivity index (χ2n) is 4.56. The summed E-state index contributed by atoms with van der Waals surface area (Å²) in [7, 11) is 1.31. The number of fused-ring (bicyclic) bond motifs is 1. The van der Waals surface area contributed by atoms with E-state index in [9.17, 15) is 9.59 Å². The van der Waals surface area contributed by atoms with Crippen molar-refractivity contribution in [1.82, 2.24) is 0 Å². The average Bonchev–Trinajstić information content (AvgIpc) is 2.88. The Morgan fingerprint density at radius 2 is 2.32 bits per heavy atom. The summed E-state index contributed by atoms with van der Waals surface area (Å²) >= 11 is 0. The van der Waals surface area contributed by atoms with E-state index in [1.807, 2.05) is 0 Å². The van der Waals surface area contributed by atoms with Gasteiger partial charge in [-0.25, -0.2) is 4.79 Å². The van der Waals surface area contributed by atoms with Crippen LogP contribution in [0.15, 0.2) is 18.2 Å². The van der Waals surface area contributed by atoms with Crippen molar-refractivity contribution in [2.24, 2.45) is 0 Å². The Balaban J connectivity index is 1.95. The molecule has 2 aliphatic rings. The van der Waals surface area contributed by atoms with Gasteiger partial charge in [-0.05, 0) is 18.2 Å². The predicted molar refractivity (Wildman–Crippen MR) is 65.2 cm³/mol. The average molecular weight is 263 g/mol. The molecular formula is C13H13NO5. The van der Waals surface area contributed by atoms with E-state index in [0.717, 1.165) is 0 Å².